The summed E-state index contributed by atoms with van der Waals surface area (Å²) in [6, 6.07) is 16.1. The Morgan fingerprint density at radius 3 is 2.35 bits per heavy atom. The Morgan fingerprint density at radius 2 is 1.70 bits per heavy atom. The van der Waals surface area contributed by atoms with Crippen LogP contribution < -0.4 is 14.4 Å². The number of nitrogens with zero attached hydrogens (tertiary/aromatic N) is 1. The molecular weight excluding hydrogens is 294 g/mol. The SMILES string of the molecule is COc1ccc(OC(=O)[C@@H]2CC(=O)N(c3ccccc3)C2)cc1. The minimum Gasteiger partial charge on any atom is -0.497 e. The van der Waals surface area contributed by atoms with E-state index in [1.807, 2.05) is 30.3 Å². The van der Waals surface area contributed by atoms with Crippen molar-refractivity contribution in [2.24, 2.45) is 5.92 Å². The van der Waals surface area contributed by atoms with Crippen LogP contribution in [0, 0.1) is 5.92 Å². The first-order valence-electron chi connectivity index (χ1n) is 7.38. The number of hydrogen-bond acceptors (Lipinski definition) is 4. The maximum absolute atomic E-state index is 12.3. The third-order valence-electron chi connectivity index (χ3n) is 3.80. The van der Waals surface area contributed by atoms with E-state index in [0.29, 0.717) is 18.0 Å². The van der Waals surface area contributed by atoms with Gasteiger partial charge in [-0.15, -0.1) is 0 Å². The van der Waals surface area contributed by atoms with E-state index in [2.05, 4.69) is 0 Å². The van der Waals surface area contributed by atoms with Crippen molar-refractivity contribution in [2.45, 2.75) is 6.42 Å². The molecular formula is C18H17NO4. The van der Waals surface area contributed by atoms with Gasteiger partial charge >= 0.3 is 5.97 Å². The number of para-hydroxylation sites is 1. The van der Waals surface area contributed by atoms with Crippen molar-refractivity contribution < 1.29 is 19.1 Å². The van der Waals surface area contributed by atoms with Gasteiger partial charge in [-0.05, 0) is 36.4 Å². The summed E-state index contributed by atoms with van der Waals surface area (Å²) in [6.45, 7) is 0.345. The molecule has 0 spiro atoms. The van der Waals surface area contributed by atoms with E-state index in [9.17, 15) is 9.59 Å². The summed E-state index contributed by atoms with van der Waals surface area (Å²) in [5, 5.41) is 0. The number of carbonyl (C=O) groups is 2. The van der Waals surface area contributed by atoms with Gasteiger partial charge in [-0.1, -0.05) is 18.2 Å². The number of hydrogen-bond donors (Lipinski definition) is 0. The molecule has 118 valence electrons. The fourth-order valence-corrected chi connectivity index (χ4v) is 2.57. The summed E-state index contributed by atoms with van der Waals surface area (Å²) in [4.78, 5) is 26.0. The van der Waals surface area contributed by atoms with Crippen LogP contribution in [0.2, 0.25) is 0 Å². The molecule has 1 atom stereocenters. The zero-order valence-corrected chi connectivity index (χ0v) is 12.8. The van der Waals surface area contributed by atoms with Gasteiger partial charge in [0.15, 0.2) is 0 Å². The fraction of sp³-hybridized carbons (Fsp3) is 0.222. The van der Waals surface area contributed by atoms with E-state index in [4.69, 9.17) is 9.47 Å². The smallest absolute Gasteiger partial charge is 0.316 e. The first-order valence-corrected chi connectivity index (χ1v) is 7.38. The number of methoxy groups -OCH3 is 1. The fourth-order valence-electron chi connectivity index (χ4n) is 2.57. The zero-order valence-electron chi connectivity index (χ0n) is 12.8. The van der Waals surface area contributed by atoms with Gasteiger partial charge in [0.1, 0.15) is 11.5 Å². The highest BCUT2D eigenvalue weighted by molar-refractivity contribution is 5.99. The minimum absolute atomic E-state index is 0.0621. The molecule has 0 aliphatic carbocycles. The maximum atomic E-state index is 12.3. The van der Waals surface area contributed by atoms with Crippen molar-refractivity contribution in [2.75, 3.05) is 18.6 Å². The Kier molecular flexibility index (Phi) is 4.28. The third-order valence-corrected chi connectivity index (χ3v) is 3.80. The second-order valence-corrected chi connectivity index (χ2v) is 5.34. The van der Waals surface area contributed by atoms with Crippen LogP contribution >= 0.6 is 0 Å². The molecule has 0 N–H and O–H groups in total. The molecule has 3 rings (SSSR count). The summed E-state index contributed by atoms with van der Waals surface area (Å²) in [5.41, 5.74) is 0.803. The van der Waals surface area contributed by atoms with Gasteiger partial charge in [0.25, 0.3) is 0 Å². The van der Waals surface area contributed by atoms with E-state index in [0.717, 1.165) is 5.69 Å². The zero-order chi connectivity index (χ0) is 16.2. The highest BCUT2D eigenvalue weighted by Crippen LogP contribution is 2.26. The first-order chi connectivity index (χ1) is 11.2. The molecule has 2 aromatic rings. The molecule has 1 saturated heterocycles. The first kappa shape index (κ1) is 15.1. The lowest BCUT2D eigenvalue weighted by molar-refractivity contribution is -0.139. The predicted octanol–water partition coefficient (Wildman–Crippen LogP) is 2.65. The molecule has 0 radical (unpaired) electrons. The van der Waals surface area contributed by atoms with E-state index in [1.54, 1.807) is 36.3 Å². The minimum atomic E-state index is -0.454. The number of esters is 1. The van der Waals surface area contributed by atoms with E-state index < -0.39 is 5.92 Å². The Labute approximate surface area is 134 Å². The van der Waals surface area contributed by atoms with Crippen LogP contribution in [0.15, 0.2) is 54.6 Å². The molecule has 1 fully saturated rings. The highest BCUT2D eigenvalue weighted by Gasteiger charge is 2.36. The van der Waals surface area contributed by atoms with Crippen LogP contribution in [0.5, 0.6) is 11.5 Å². The quantitative estimate of drug-likeness (QED) is 0.643. The van der Waals surface area contributed by atoms with Crippen LogP contribution in [0.25, 0.3) is 0 Å². The van der Waals surface area contributed by atoms with Gasteiger partial charge in [0.05, 0.1) is 13.0 Å². The average molecular weight is 311 g/mol. The van der Waals surface area contributed by atoms with Crippen molar-refractivity contribution in [3.63, 3.8) is 0 Å². The van der Waals surface area contributed by atoms with Crippen LogP contribution in [-0.4, -0.2) is 25.5 Å². The van der Waals surface area contributed by atoms with Crippen LogP contribution in [0.3, 0.4) is 0 Å². The topological polar surface area (TPSA) is 55.8 Å². The summed E-state index contributed by atoms with van der Waals surface area (Å²) in [6.07, 6.45) is 0.171. The Balaban J connectivity index is 1.65. The van der Waals surface area contributed by atoms with E-state index in [1.165, 1.54) is 0 Å². The number of anilines is 1. The summed E-state index contributed by atoms with van der Waals surface area (Å²) in [5.74, 6) is 0.233. The number of amides is 1. The lowest BCUT2D eigenvalue weighted by Crippen LogP contribution is -2.27. The number of benzene rings is 2. The van der Waals surface area contributed by atoms with E-state index >= 15 is 0 Å². The Morgan fingerprint density at radius 1 is 1.04 bits per heavy atom. The third kappa shape index (κ3) is 3.34. The summed E-state index contributed by atoms with van der Waals surface area (Å²) < 4.78 is 10.4. The molecule has 1 aliphatic rings. The highest BCUT2D eigenvalue weighted by atomic mass is 16.5. The van der Waals surface area contributed by atoms with Crippen molar-refractivity contribution in [1.82, 2.24) is 0 Å². The molecule has 23 heavy (non-hydrogen) atoms. The average Bonchev–Trinajstić information content (AvgIpc) is 2.98. The Hall–Kier alpha value is -2.82. The molecule has 1 amide bonds. The van der Waals surface area contributed by atoms with Gasteiger partial charge < -0.3 is 14.4 Å². The molecule has 0 aromatic heterocycles. The van der Waals surface area contributed by atoms with Crippen LogP contribution in [0.1, 0.15) is 6.42 Å². The van der Waals surface area contributed by atoms with Crippen molar-refractivity contribution in [3.05, 3.63) is 54.6 Å². The van der Waals surface area contributed by atoms with Gasteiger partial charge in [0.2, 0.25) is 5.91 Å². The molecule has 0 unspecified atom stereocenters. The van der Waals surface area contributed by atoms with Gasteiger partial charge in [0, 0.05) is 18.7 Å². The monoisotopic (exact) mass is 311 g/mol. The summed E-state index contributed by atoms with van der Waals surface area (Å²) in [7, 11) is 1.57. The number of rotatable bonds is 4. The van der Waals surface area contributed by atoms with Gasteiger partial charge in [-0.2, -0.15) is 0 Å². The van der Waals surface area contributed by atoms with Crippen LogP contribution in [-0.2, 0) is 9.59 Å². The second-order valence-electron chi connectivity index (χ2n) is 5.34. The Bertz CT molecular complexity index is 697. The lowest BCUT2D eigenvalue weighted by atomic mass is 10.1. The standard InChI is InChI=1S/C18H17NO4/c1-22-15-7-9-16(10-8-15)23-18(21)13-11-17(20)19(12-13)14-5-3-2-4-6-14/h2-10,13H,11-12H2,1H3/t13-/m1/s1. The normalized spacial score (nSPS) is 17.2. The largest absolute Gasteiger partial charge is 0.497 e. The van der Waals surface area contributed by atoms with E-state index in [-0.39, 0.29) is 18.3 Å². The molecule has 5 heteroatoms. The van der Waals surface area contributed by atoms with Crippen molar-refractivity contribution >= 4 is 17.6 Å². The molecule has 0 saturated carbocycles. The predicted molar refractivity (Wildman–Crippen MR) is 85.5 cm³/mol. The molecule has 2 aromatic carbocycles. The molecule has 1 heterocycles. The lowest BCUT2D eigenvalue weighted by Gasteiger charge is -2.16. The maximum Gasteiger partial charge on any atom is 0.316 e. The second kappa shape index (κ2) is 6.52. The van der Waals surface area contributed by atoms with Crippen molar-refractivity contribution in [3.8, 4) is 11.5 Å². The summed E-state index contributed by atoms with van der Waals surface area (Å²) >= 11 is 0. The molecule has 1 aliphatic heterocycles. The van der Waals surface area contributed by atoms with Crippen molar-refractivity contribution in [1.29, 1.82) is 0 Å². The number of carbonyl (C=O) groups excluding carboxylic acids is 2. The molecule has 0 bridgehead atoms. The number of ether oxygens (including phenoxy) is 2. The van der Waals surface area contributed by atoms with Gasteiger partial charge in [-0.25, -0.2) is 0 Å². The van der Waals surface area contributed by atoms with Gasteiger partial charge in [-0.3, -0.25) is 9.59 Å². The molecule has 5 nitrogen and oxygen atoms in total. The van der Waals surface area contributed by atoms with Crippen LogP contribution in [0.4, 0.5) is 5.69 Å².